The first-order valence-electron chi connectivity index (χ1n) is 8.72. The Labute approximate surface area is 119 Å². The van der Waals surface area contributed by atoms with Crippen molar-refractivity contribution >= 4 is 0 Å². The van der Waals surface area contributed by atoms with E-state index in [-0.39, 0.29) is 0 Å². The summed E-state index contributed by atoms with van der Waals surface area (Å²) in [4.78, 5) is 2.79. The van der Waals surface area contributed by atoms with Crippen molar-refractivity contribution in [1.82, 2.24) is 4.90 Å². The lowest BCUT2D eigenvalue weighted by Gasteiger charge is -2.37. The van der Waals surface area contributed by atoms with Crippen LogP contribution in [0.5, 0.6) is 0 Å². The van der Waals surface area contributed by atoms with Crippen molar-refractivity contribution in [3.05, 3.63) is 0 Å². The van der Waals surface area contributed by atoms with E-state index in [1.54, 1.807) is 0 Å². The molecule has 0 aliphatic heterocycles. The lowest BCUT2D eigenvalue weighted by Crippen LogP contribution is -2.44. The monoisotopic (exact) mass is 264 g/mol. The molecule has 0 spiro atoms. The van der Waals surface area contributed by atoms with Crippen LogP contribution in [-0.4, -0.2) is 30.6 Å². The zero-order chi connectivity index (χ0) is 13.2. The molecule has 0 aromatic carbocycles. The largest absolute Gasteiger partial charge is 0.327 e. The van der Waals surface area contributed by atoms with Crippen LogP contribution in [0.4, 0.5) is 0 Å². The average molecular weight is 264 g/mol. The second kappa shape index (κ2) is 6.13. The fraction of sp³-hybridized carbons (Fsp3) is 1.00. The molecule has 3 aliphatic carbocycles. The summed E-state index contributed by atoms with van der Waals surface area (Å²) in [6.07, 6.45) is 11.3. The highest BCUT2D eigenvalue weighted by molar-refractivity contribution is 4.88. The standard InChI is InChI=1S/C17H32N2/c1-2-13-7-8-17(18)16(9-13)12-19(10-14-3-4-14)11-15-5-6-15/h13-17H,2-12,18H2,1H3. The quantitative estimate of drug-likeness (QED) is 0.765. The molecule has 0 heterocycles. The van der Waals surface area contributed by atoms with E-state index in [0.717, 1.165) is 23.7 Å². The Kier molecular flexibility index (Phi) is 4.48. The molecule has 0 saturated heterocycles. The van der Waals surface area contributed by atoms with E-state index in [2.05, 4.69) is 11.8 Å². The Balaban J connectivity index is 1.52. The normalized spacial score (nSPS) is 35.8. The second-order valence-electron chi connectivity index (χ2n) is 7.62. The van der Waals surface area contributed by atoms with E-state index in [0.29, 0.717) is 6.04 Å². The maximum absolute atomic E-state index is 6.41. The number of rotatable bonds is 7. The Hall–Kier alpha value is -0.0800. The first-order chi connectivity index (χ1) is 9.24. The van der Waals surface area contributed by atoms with Crippen molar-refractivity contribution in [2.75, 3.05) is 19.6 Å². The summed E-state index contributed by atoms with van der Waals surface area (Å²) in [5, 5.41) is 0. The highest BCUT2D eigenvalue weighted by Crippen LogP contribution is 2.36. The van der Waals surface area contributed by atoms with Gasteiger partial charge >= 0.3 is 0 Å². The van der Waals surface area contributed by atoms with Gasteiger partial charge in [0, 0.05) is 25.7 Å². The molecule has 0 amide bonds. The first kappa shape index (κ1) is 13.9. The third-order valence-electron chi connectivity index (χ3n) is 5.65. The van der Waals surface area contributed by atoms with E-state index < -0.39 is 0 Å². The summed E-state index contributed by atoms with van der Waals surface area (Å²) in [6.45, 7) is 6.39. The number of hydrogen-bond donors (Lipinski definition) is 1. The molecule has 3 atom stereocenters. The maximum atomic E-state index is 6.41. The van der Waals surface area contributed by atoms with Crippen molar-refractivity contribution in [2.24, 2.45) is 29.4 Å². The second-order valence-corrected chi connectivity index (χ2v) is 7.62. The molecule has 2 N–H and O–H groups in total. The van der Waals surface area contributed by atoms with E-state index >= 15 is 0 Å². The van der Waals surface area contributed by atoms with Crippen molar-refractivity contribution in [3.63, 3.8) is 0 Å². The van der Waals surface area contributed by atoms with E-state index in [9.17, 15) is 0 Å². The molecule has 3 fully saturated rings. The molecule has 19 heavy (non-hydrogen) atoms. The highest BCUT2D eigenvalue weighted by Gasteiger charge is 2.33. The molecule has 0 radical (unpaired) electrons. The fourth-order valence-electron chi connectivity index (χ4n) is 3.85. The predicted octanol–water partition coefficient (Wildman–Crippen LogP) is 3.26. The van der Waals surface area contributed by atoms with Crippen LogP contribution < -0.4 is 5.73 Å². The van der Waals surface area contributed by atoms with Gasteiger partial charge in [0.05, 0.1) is 0 Å². The molecular formula is C17H32N2. The van der Waals surface area contributed by atoms with Crippen molar-refractivity contribution in [1.29, 1.82) is 0 Å². The molecule has 3 unspecified atom stereocenters. The van der Waals surface area contributed by atoms with E-state index in [4.69, 9.17) is 5.73 Å². The zero-order valence-corrected chi connectivity index (χ0v) is 12.7. The Morgan fingerprint density at radius 1 is 0.842 bits per heavy atom. The molecule has 3 saturated carbocycles. The minimum Gasteiger partial charge on any atom is -0.327 e. The smallest absolute Gasteiger partial charge is 0.00795 e. The molecule has 3 aliphatic rings. The molecule has 0 bridgehead atoms. The van der Waals surface area contributed by atoms with Crippen molar-refractivity contribution < 1.29 is 0 Å². The van der Waals surface area contributed by atoms with Gasteiger partial charge in [0.25, 0.3) is 0 Å². The van der Waals surface area contributed by atoms with Crippen molar-refractivity contribution in [3.8, 4) is 0 Å². The zero-order valence-electron chi connectivity index (χ0n) is 12.7. The van der Waals surface area contributed by atoms with Crippen LogP contribution in [0.1, 0.15) is 58.3 Å². The molecule has 0 aromatic heterocycles. The van der Waals surface area contributed by atoms with Crippen LogP contribution in [0.25, 0.3) is 0 Å². The van der Waals surface area contributed by atoms with Crippen LogP contribution in [0.3, 0.4) is 0 Å². The van der Waals surface area contributed by atoms with E-state index in [1.165, 1.54) is 71.0 Å². The molecule has 2 nitrogen and oxygen atoms in total. The van der Waals surface area contributed by atoms with Crippen LogP contribution in [0, 0.1) is 23.7 Å². The third-order valence-corrected chi connectivity index (χ3v) is 5.65. The third kappa shape index (κ3) is 4.19. The maximum Gasteiger partial charge on any atom is 0.00795 e. The van der Waals surface area contributed by atoms with E-state index in [1.807, 2.05) is 0 Å². The lowest BCUT2D eigenvalue weighted by molar-refractivity contribution is 0.146. The predicted molar refractivity (Wildman–Crippen MR) is 81.0 cm³/mol. The highest BCUT2D eigenvalue weighted by atomic mass is 15.1. The van der Waals surface area contributed by atoms with Gasteiger partial charge in [-0.3, -0.25) is 0 Å². The summed E-state index contributed by atoms with van der Waals surface area (Å²) in [5.41, 5.74) is 6.41. The van der Waals surface area contributed by atoms with Crippen LogP contribution >= 0.6 is 0 Å². The van der Waals surface area contributed by atoms with Gasteiger partial charge in [-0.15, -0.1) is 0 Å². The minimum absolute atomic E-state index is 0.476. The van der Waals surface area contributed by atoms with Crippen LogP contribution in [0.15, 0.2) is 0 Å². The van der Waals surface area contributed by atoms with Crippen LogP contribution in [-0.2, 0) is 0 Å². The fourth-order valence-corrected chi connectivity index (χ4v) is 3.85. The summed E-state index contributed by atoms with van der Waals surface area (Å²) in [7, 11) is 0. The summed E-state index contributed by atoms with van der Waals surface area (Å²) in [6, 6.07) is 0.476. The van der Waals surface area contributed by atoms with Crippen molar-refractivity contribution in [2.45, 2.75) is 64.3 Å². The summed E-state index contributed by atoms with van der Waals surface area (Å²) < 4.78 is 0. The Morgan fingerprint density at radius 2 is 1.42 bits per heavy atom. The molecular weight excluding hydrogens is 232 g/mol. The summed E-state index contributed by atoms with van der Waals surface area (Å²) >= 11 is 0. The van der Waals surface area contributed by atoms with Gasteiger partial charge in [-0.05, 0) is 68.6 Å². The van der Waals surface area contributed by atoms with Gasteiger partial charge in [-0.25, -0.2) is 0 Å². The number of nitrogens with two attached hydrogens (primary N) is 1. The Bertz CT molecular complexity index is 269. The molecule has 3 rings (SSSR count). The van der Waals surface area contributed by atoms with Gasteiger partial charge in [-0.2, -0.15) is 0 Å². The lowest BCUT2D eigenvalue weighted by atomic mass is 9.77. The first-order valence-corrected chi connectivity index (χ1v) is 8.72. The SMILES string of the molecule is CCC1CCC(N)C(CN(CC2CC2)CC2CC2)C1. The number of nitrogens with zero attached hydrogens (tertiary/aromatic N) is 1. The van der Waals surface area contributed by atoms with Gasteiger partial charge in [0.15, 0.2) is 0 Å². The number of hydrogen-bond acceptors (Lipinski definition) is 2. The minimum atomic E-state index is 0.476. The summed E-state index contributed by atoms with van der Waals surface area (Å²) in [5.74, 6) is 3.78. The molecule has 2 heteroatoms. The van der Waals surface area contributed by atoms with Gasteiger partial charge < -0.3 is 10.6 Å². The molecule has 0 aromatic rings. The average Bonchev–Trinajstić information content (AvgIpc) is 3.28. The topological polar surface area (TPSA) is 29.3 Å². The van der Waals surface area contributed by atoms with Gasteiger partial charge in [0.1, 0.15) is 0 Å². The molecule has 110 valence electrons. The van der Waals surface area contributed by atoms with Gasteiger partial charge in [0.2, 0.25) is 0 Å². The van der Waals surface area contributed by atoms with Crippen LogP contribution in [0.2, 0.25) is 0 Å². The Morgan fingerprint density at radius 3 is 1.95 bits per heavy atom. The van der Waals surface area contributed by atoms with Gasteiger partial charge in [-0.1, -0.05) is 13.3 Å².